The van der Waals surface area contributed by atoms with Gasteiger partial charge >= 0.3 is 11.9 Å². The molecular formula is C27H32N2O5. The SMILES string of the molecule is C=CCNCCCc1cc2c(c(CCCNCC=C)c1C(=O)O)Cc1cc(C(=O)O)ccc1O2. The molecule has 7 heteroatoms. The largest absolute Gasteiger partial charge is 0.478 e. The Morgan fingerprint density at radius 1 is 0.941 bits per heavy atom. The van der Waals surface area contributed by atoms with E-state index in [9.17, 15) is 19.8 Å². The van der Waals surface area contributed by atoms with Crippen molar-refractivity contribution in [3.05, 3.63) is 83.0 Å². The number of aryl methyl sites for hydroxylation is 1. The molecule has 1 heterocycles. The van der Waals surface area contributed by atoms with E-state index in [1.807, 2.05) is 6.07 Å². The number of carboxylic acids is 2. The Balaban J connectivity index is 1.97. The summed E-state index contributed by atoms with van der Waals surface area (Å²) < 4.78 is 6.17. The molecule has 0 bridgehead atoms. The quantitative estimate of drug-likeness (QED) is 0.209. The number of nitrogens with one attached hydrogen (secondary N) is 2. The van der Waals surface area contributed by atoms with Gasteiger partial charge in [-0.1, -0.05) is 12.2 Å². The minimum atomic E-state index is -1.01. The molecule has 7 nitrogen and oxygen atoms in total. The lowest BCUT2D eigenvalue weighted by molar-refractivity contribution is 0.0684. The van der Waals surface area contributed by atoms with Crippen LogP contribution in [0, 0.1) is 0 Å². The maximum Gasteiger partial charge on any atom is 0.336 e. The monoisotopic (exact) mass is 464 g/mol. The van der Waals surface area contributed by atoms with Gasteiger partial charge < -0.3 is 25.6 Å². The second-order valence-electron chi connectivity index (χ2n) is 8.27. The van der Waals surface area contributed by atoms with Gasteiger partial charge in [0.15, 0.2) is 0 Å². The molecule has 3 rings (SSSR count). The van der Waals surface area contributed by atoms with Crippen molar-refractivity contribution in [3.8, 4) is 11.5 Å². The fraction of sp³-hybridized carbons (Fsp3) is 0.333. The summed E-state index contributed by atoms with van der Waals surface area (Å²) in [4.78, 5) is 23.8. The number of hydrogen-bond donors (Lipinski definition) is 4. The van der Waals surface area contributed by atoms with Gasteiger partial charge in [-0.15, -0.1) is 13.2 Å². The van der Waals surface area contributed by atoms with Gasteiger partial charge in [0.25, 0.3) is 0 Å². The first-order valence-electron chi connectivity index (χ1n) is 11.5. The Morgan fingerprint density at radius 2 is 1.62 bits per heavy atom. The molecule has 1 aliphatic rings. The van der Waals surface area contributed by atoms with Crippen LogP contribution in [0.15, 0.2) is 49.6 Å². The minimum Gasteiger partial charge on any atom is -0.478 e. The van der Waals surface area contributed by atoms with Crippen molar-refractivity contribution in [2.24, 2.45) is 0 Å². The summed E-state index contributed by atoms with van der Waals surface area (Å²) in [6, 6.07) is 6.65. The van der Waals surface area contributed by atoms with E-state index in [2.05, 4.69) is 23.8 Å². The van der Waals surface area contributed by atoms with Crippen molar-refractivity contribution >= 4 is 11.9 Å². The molecule has 0 unspecified atom stereocenters. The number of carboxylic acid groups (broad SMARTS) is 2. The Kier molecular flexibility index (Phi) is 9.01. The summed E-state index contributed by atoms with van der Waals surface area (Å²) in [7, 11) is 0. The first kappa shape index (κ1) is 25.2. The highest BCUT2D eigenvalue weighted by atomic mass is 16.5. The highest BCUT2D eigenvalue weighted by molar-refractivity contribution is 5.92. The van der Waals surface area contributed by atoms with Crippen molar-refractivity contribution in [2.75, 3.05) is 26.2 Å². The molecule has 0 fully saturated rings. The number of benzene rings is 2. The highest BCUT2D eigenvalue weighted by Gasteiger charge is 2.27. The average Bonchev–Trinajstić information content (AvgIpc) is 2.81. The highest BCUT2D eigenvalue weighted by Crippen LogP contribution is 2.41. The zero-order valence-electron chi connectivity index (χ0n) is 19.4. The van der Waals surface area contributed by atoms with Gasteiger partial charge in [-0.25, -0.2) is 9.59 Å². The molecule has 0 saturated heterocycles. The molecule has 4 N–H and O–H groups in total. The topological polar surface area (TPSA) is 108 Å². The molecule has 0 spiro atoms. The lowest BCUT2D eigenvalue weighted by Gasteiger charge is -2.26. The van der Waals surface area contributed by atoms with Crippen molar-refractivity contribution in [1.82, 2.24) is 10.6 Å². The molecule has 0 radical (unpaired) electrons. The summed E-state index contributed by atoms with van der Waals surface area (Å²) in [5, 5.41) is 26.0. The summed E-state index contributed by atoms with van der Waals surface area (Å²) in [6.07, 6.45) is 6.74. The summed E-state index contributed by atoms with van der Waals surface area (Å²) in [5.41, 5.74) is 3.62. The molecule has 0 atom stereocenters. The number of ether oxygens (including phenoxy) is 1. The van der Waals surface area contributed by atoms with E-state index in [4.69, 9.17) is 4.74 Å². The molecule has 0 aliphatic carbocycles. The van der Waals surface area contributed by atoms with Gasteiger partial charge in [-0.2, -0.15) is 0 Å². The fourth-order valence-corrected chi connectivity index (χ4v) is 4.30. The lowest BCUT2D eigenvalue weighted by atomic mass is 9.86. The summed E-state index contributed by atoms with van der Waals surface area (Å²) in [6.45, 7) is 10.3. The second-order valence-corrected chi connectivity index (χ2v) is 8.27. The van der Waals surface area contributed by atoms with Crippen LogP contribution in [-0.4, -0.2) is 48.3 Å². The Bertz CT molecular complexity index is 1080. The summed E-state index contributed by atoms with van der Waals surface area (Å²) >= 11 is 0. The average molecular weight is 465 g/mol. The van der Waals surface area contributed by atoms with Crippen LogP contribution >= 0.6 is 0 Å². The van der Waals surface area contributed by atoms with Crippen LogP contribution in [0.1, 0.15) is 55.8 Å². The van der Waals surface area contributed by atoms with Crippen LogP contribution in [-0.2, 0) is 19.3 Å². The fourth-order valence-electron chi connectivity index (χ4n) is 4.30. The van der Waals surface area contributed by atoms with Gasteiger partial charge in [-0.3, -0.25) is 0 Å². The minimum absolute atomic E-state index is 0.183. The van der Waals surface area contributed by atoms with Crippen LogP contribution < -0.4 is 15.4 Å². The van der Waals surface area contributed by atoms with E-state index in [0.717, 1.165) is 48.2 Å². The third kappa shape index (κ3) is 6.12. The van der Waals surface area contributed by atoms with E-state index in [0.29, 0.717) is 49.4 Å². The van der Waals surface area contributed by atoms with Gasteiger partial charge in [0, 0.05) is 30.6 Å². The summed E-state index contributed by atoms with van der Waals surface area (Å²) in [5.74, 6) is -0.689. The number of rotatable bonds is 14. The molecule has 0 amide bonds. The standard InChI is InChI=1S/C27H32N2O5/c1-3-11-28-13-5-7-18-17-24-22(16-20-15-19(26(30)31)9-10-23(20)34-24)21(25(18)27(32)33)8-6-14-29-12-4-2/h3-4,9-10,15,17,28-29H,1-2,5-8,11-14,16H2,(H,30,31)(H,32,33). The van der Waals surface area contributed by atoms with Gasteiger partial charge in [-0.05, 0) is 74.2 Å². The van der Waals surface area contributed by atoms with Crippen LogP contribution in [0.4, 0.5) is 0 Å². The number of aromatic carboxylic acids is 2. The van der Waals surface area contributed by atoms with Crippen molar-refractivity contribution < 1.29 is 24.5 Å². The maximum atomic E-state index is 12.4. The first-order chi connectivity index (χ1) is 16.5. The molecular weight excluding hydrogens is 432 g/mol. The molecule has 0 saturated carbocycles. The predicted octanol–water partition coefficient (Wildman–Crippen LogP) is 4.20. The molecule has 2 aromatic rings. The smallest absolute Gasteiger partial charge is 0.336 e. The van der Waals surface area contributed by atoms with E-state index < -0.39 is 11.9 Å². The lowest BCUT2D eigenvalue weighted by Crippen LogP contribution is -2.19. The molecule has 180 valence electrons. The van der Waals surface area contributed by atoms with Crippen LogP contribution in [0.3, 0.4) is 0 Å². The van der Waals surface area contributed by atoms with E-state index in [1.165, 1.54) is 6.07 Å². The van der Waals surface area contributed by atoms with Gasteiger partial charge in [0.2, 0.25) is 0 Å². The second kappa shape index (κ2) is 12.2. The van der Waals surface area contributed by atoms with Crippen LogP contribution in [0.2, 0.25) is 0 Å². The van der Waals surface area contributed by atoms with E-state index >= 15 is 0 Å². The molecule has 0 aromatic heterocycles. The number of fused-ring (bicyclic) bond motifs is 2. The Labute approximate surface area is 200 Å². The third-order valence-electron chi connectivity index (χ3n) is 5.86. The van der Waals surface area contributed by atoms with Crippen LogP contribution in [0.5, 0.6) is 11.5 Å². The Hall–Kier alpha value is -3.42. The number of hydrogen-bond acceptors (Lipinski definition) is 5. The predicted molar refractivity (Wildman–Crippen MR) is 132 cm³/mol. The van der Waals surface area contributed by atoms with E-state index in [-0.39, 0.29) is 5.56 Å². The Morgan fingerprint density at radius 3 is 2.24 bits per heavy atom. The van der Waals surface area contributed by atoms with Gasteiger partial charge in [0.05, 0.1) is 11.1 Å². The zero-order chi connectivity index (χ0) is 24.5. The van der Waals surface area contributed by atoms with Crippen molar-refractivity contribution in [3.63, 3.8) is 0 Å². The number of carbonyl (C=O) groups is 2. The molecule has 1 aliphatic heterocycles. The maximum absolute atomic E-state index is 12.4. The van der Waals surface area contributed by atoms with Crippen LogP contribution in [0.25, 0.3) is 0 Å². The molecule has 2 aromatic carbocycles. The van der Waals surface area contributed by atoms with Crippen molar-refractivity contribution in [2.45, 2.75) is 32.1 Å². The van der Waals surface area contributed by atoms with E-state index in [1.54, 1.807) is 24.3 Å². The zero-order valence-corrected chi connectivity index (χ0v) is 19.4. The van der Waals surface area contributed by atoms with Crippen molar-refractivity contribution in [1.29, 1.82) is 0 Å². The third-order valence-corrected chi connectivity index (χ3v) is 5.86. The normalized spacial score (nSPS) is 11.8. The first-order valence-corrected chi connectivity index (χ1v) is 11.5. The molecule has 34 heavy (non-hydrogen) atoms. The van der Waals surface area contributed by atoms with Gasteiger partial charge in [0.1, 0.15) is 11.5 Å².